The number of hydrogen-bond acceptors (Lipinski definition) is 5. The Bertz CT molecular complexity index is 624. The molecule has 1 saturated heterocycles. The van der Waals surface area contributed by atoms with Crippen LogP contribution in [0.2, 0.25) is 0 Å². The van der Waals surface area contributed by atoms with Gasteiger partial charge in [0.25, 0.3) is 11.1 Å². The van der Waals surface area contributed by atoms with Crippen molar-refractivity contribution in [3.63, 3.8) is 0 Å². The van der Waals surface area contributed by atoms with E-state index in [2.05, 4.69) is 18.7 Å². The van der Waals surface area contributed by atoms with E-state index in [1.54, 1.807) is 13.2 Å². The maximum Gasteiger partial charge on any atom is 0.294 e. The largest absolute Gasteiger partial charge is 0.497 e. The highest BCUT2D eigenvalue weighted by atomic mass is 32.2. The summed E-state index contributed by atoms with van der Waals surface area (Å²) < 4.78 is 5.19. The molecule has 0 N–H and O–H groups in total. The second-order valence-electron chi connectivity index (χ2n) is 5.65. The molecule has 1 aromatic carbocycles. The van der Waals surface area contributed by atoms with Gasteiger partial charge in [-0.1, -0.05) is 26.0 Å². The zero-order chi connectivity index (χ0) is 17.5. The highest BCUT2D eigenvalue weighted by Crippen LogP contribution is 2.32. The molecule has 1 aliphatic heterocycles. The molecule has 0 spiro atoms. The van der Waals surface area contributed by atoms with E-state index in [1.807, 2.05) is 24.3 Å². The normalized spacial score (nSPS) is 16.5. The van der Waals surface area contributed by atoms with E-state index in [9.17, 15) is 9.59 Å². The van der Waals surface area contributed by atoms with Crippen LogP contribution in [0.1, 0.15) is 32.3 Å². The van der Waals surface area contributed by atoms with Crippen molar-refractivity contribution >= 4 is 29.0 Å². The van der Waals surface area contributed by atoms with Gasteiger partial charge in [0.15, 0.2) is 0 Å². The summed E-state index contributed by atoms with van der Waals surface area (Å²) in [6.45, 7) is 6.31. The Labute approximate surface area is 147 Å². The van der Waals surface area contributed by atoms with Crippen LogP contribution in [0.25, 0.3) is 6.08 Å². The lowest BCUT2D eigenvalue weighted by molar-refractivity contribution is -0.124. The fraction of sp³-hybridized carbons (Fsp3) is 0.444. The monoisotopic (exact) mass is 348 g/mol. The van der Waals surface area contributed by atoms with E-state index >= 15 is 0 Å². The Morgan fingerprint density at radius 1 is 1.21 bits per heavy atom. The highest BCUT2D eigenvalue weighted by Gasteiger charge is 2.35. The first kappa shape index (κ1) is 18.5. The van der Waals surface area contributed by atoms with Crippen molar-refractivity contribution in [2.45, 2.75) is 26.7 Å². The molecule has 0 radical (unpaired) electrons. The highest BCUT2D eigenvalue weighted by molar-refractivity contribution is 8.18. The SMILES string of the molecule is CCCN(CCC)CN1C(=O)S/C(=C/c2cccc(OC)c2)C1=O. The van der Waals surface area contributed by atoms with Crippen LogP contribution in [-0.4, -0.2) is 47.8 Å². The van der Waals surface area contributed by atoms with Crippen LogP contribution in [0.4, 0.5) is 4.79 Å². The van der Waals surface area contributed by atoms with Crippen molar-refractivity contribution in [1.82, 2.24) is 9.80 Å². The van der Waals surface area contributed by atoms with E-state index in [-0.39, 0.29) is 11.1 Å². The molecule has 0 saturated carbocycles. The molecule has 0 aliphatic carbocycles. The van der Waals surface area contributed by atoms with Crippen molar-refractivity contribution < 1.29 is 14.3 Å². The van der Waals surface area contributed by atoms with Crippen molar-refractivity contribution in [3.8, 4) is 5.75 Å². The molecule has 0 unspecified atom stereocenters. The van der Waals surface area contributed by atoms with E-state index in [4.69, 9.17) is 4.74 Å². The summed E-state index contributed by atoms with van der Waals surface area (Å²) in [5, 5.41) is -0.202. The molecule has 1 fully saturated rings. The van der Waals surface area contributed by atoms with Crippen molar-refractivity contribution in [3.05, 3.63) is 34.7 Å². The van der Waals surface area contributed by atoms with Gasteiger partial charge in [-0.2, -0.15) is 0 Å². The molecule has 2 amide bonds. The van der Waals surface area contributed by atoms with E-state index in [0.29, 0.717) is 11.6 Å². The van der Waals surface area contributed by atoms with Crippen LogP contribution >= 0.6 is 11.8 Å². The van der Waals surface area contributed by atoms with Crippen LogP contribution in [0.5, 0.6) is 5.75 Å². The van der Waals surface area contributed by atoms with Crippen LogP contribution < -0.4 is 4.74 Å². The molecule has 130 valence electrons. The average Bonchev–Trinajstić information content (AvgIpc) is 2.83. The van der Waals surface area contributed by atoms with E-state index in [1.165, 1.54) is 4.90 Å². The lowest BCUT2D eigenvalue weighted by atomic mass is 10.2. The van der Waals surface area contributed by atoms with Crippen LogP contribution in [-0.2, 0) is 4.79 Å². The maximum absolute atomic E-state index is 12.6. The molecule has 0 aromatic heterocycles. The van der Waals surface area contributed by atoms with Crippen LogP contribution in [0.15, 0.2) is 29.2 Å². The van der Waals surface area contributed by atoms with Crippen molar-refractivity contribution in [1.29, 1.82) is 0 Å². The van der Waals surface area contributed by atoms with Crippen molar-refractivity contribution in [2.24, 2.45) is 0 Å². The molecule has 1 heterocycles. The molecule has 2 rings (SSSR count). The van der Waals surface area contributed by atoms with Gasteiger partial charge in [-0.25, -0.2) is 0 Å². The Kier molecular flexibility index (Phi) is 6.87. The summed E-state index contributed by atoms with van der Waals surface area (Å²) in [6.07, 6.45) is 3.74. The van der Waals surface area contributed by atoms with Crippen molar-refractivity contribution in [2.75, 3.05) is 26.9 Å². The predicted octanol–water partition coefficient (Wildman–Crippen LogP) is 3.81. The number of imide groups is 1. The second kappa shape index (κ2) is 8.89. The minimum Gasteiger partial charge on any atom is -0.497 e. The fourth-order valence-corrected chi connectivity index (χ4v) is 3.42. The first-order valence-electron chi connectivity index (χ1n) is 8.20. The Morgan fingerprint density at radius 2 is 1.92 bits per heavy atom. The maximum atomic E-state index is 12.6. The number of hydrogen-bond donors (Lipinski definition) is 0. The van der Waals surface area contributed by atoms with Gasteiger partial charge >= 0.3 is 0 Å². The van der Waals surface area contributed by atoms with Gasteiger partial charge in [0, 0.05) is 0 Å². The molecule has 5 nitrogen and oxygen atoms in total. The summed E-state index contributed by atoms with van der Waals surface area (Å²) in [5.74, 6) is 0.505. The summed E-state index contributed by atoms with van der Waals surface area (Å²) in [6, 6.07) is 7.43. The lowest BCUT2D eigenvalue weighted by Crippen LogP contribution is -2.41. The first-order chi connectivity index (χ1) is 11.6. The molecule has 0 atom stereocenters. The number of rotatable bonds is 8. The number of carbonyl (C=O) groups excluding carboxylic acids is 2. The third-order valence-electron chi connectivity index (χ3n) is 3.69. The van der Waals surface area contributed by atoms with Crippen LogP contribution in [0.3, 0.4) is 0 Å². The van der Waals surface area contributed by atoms with Gasteiger partial charge in [0.05, 0.1) is 18.7 Å². The third kappa shape index (κ3) is 4.61. The number of thioether (sulfide) groups is 1. The minimum atomic E-state index is -0.218. The molecule has 0 bridgehead atoms. The molecule has 24 heavy (non-hydrogen) atoms. The van der Waals surface area contributed by atoms with Crippen LogP contribution in [0, 0.1) is 0 Å². The Morgan fingerprint density at radius 3 is 2.54 bits per heavy atom. The Balaban J connectivity index is 2.13. The van der Waals surface area contributed by atoms with Gasteiger partial charge in [-0.15, -0.1) is 0 Å². The summed E-state index contributed by atoms with van der Waals surface area (Å²) >= 11 is 0.999. The Hall–Kier alpha value is -1.79. The van der Waals surface area contributed by atoms with E-state index in [0.717, 1.165) is 49.0 Å². The topological polar surface area (TPSA) is 49.9 Å². The number of methoxy groups -OCH3 is 1. The van der Waals surface area contributed by atoms with Gasteiger partial charge in [-0.05, 0) is 61.5 Å². The zero-order valence-electron chi connectivity index (χ0n) is 14.4. The van der Waals surface area contributed by atoms with Gasteiger partial charge < -0.3 is 4.74 Å². The molecular formula is C18H24N2O3S. The van der Waals surface area contributed by atoms with Gasteiger partial charge in [0.1, 0.15) is 5.75 Å². The average molecular weight is 348 g/mol. The van der Waals surface area contributed by atoms with Gasteiger partial charge in [0.2, 0.25) is 0 Å². The molecular weight excluding hydrogens is 324 g/mol. The number of amides is 2. The first-order valence-corrected chi connectivity index (χ1v) is 9.02. The zero-order valence-corrected chi connectivity index (χ0v) is 15.3. The summed E-state index contributed by atoms with van der Waals surface area (Å²) in [7, 11) is 1.60. The quantitative estimate of drug-likeness (QED) is 0.669. The number of carbonyl (C=O) groups is 2. The molecule has 1 aliphatic rings. The van der Waals surface area contributed by atoms with Gasteiger partial charge in [-0.3, -0.25) is 19.4 Å². The standard InChI is InChI=1S/C18H24N2O3S/c1-4-9-19(10-5-2)13-20-17(21)16(24-18(20)22)12-14-7-6-8-15(11-14)23-3/h6-8,11-12H,4-5,9-10,13H2,1-3H3/b16-12+. The second-order valence-corrected chi connectivity index (χ2v) is 6.64. The predicted molar refractivity (Wildman–Crippen MR) is 97.8 cm³/mol. The number of ether oxygens (including phenoxy) is 1. The number of benzene rings is 1. The smallest absolute Gasteiger partial charge is 0.294 e. The summed E-state index contributed by atoms with van der Waals surface area (Å²) in [5.41, 5.74) is 0.846. The third-order valence-corrected chi connectivity index (χ3v) is 4.59. The lowest BCUT2D eigenvalue weighted by Gasteiger charge is -2.25. The molecule has 6 heteroatoms. The number of nitrogens with zero attached hydrogens (tertiary/aromatic N) is 2. The summed E-state index contributed by atoms with van der Waals surface area (Å²) in [4.78, 5) is 28.7. The minimum absolute atomic E-state index is 0.202. The fourth-order valence-electron chi connectivity index (χ4n) is 2.59. The molecule has 1 aromatic rings. The van der Waals surface area contributed by atoms with E-state index < -0.39 is 0 Å².